The number of methoxy groups -OCH3 is 1. The third-order valence-electron chi connectivity index (χ3n) is 5.14. The van der Waals surface area contributed by atoms with Crippen LogP contribution in [-0.2, 0) is 17.8 Å². The minimum absolute atomic E-state index is 0.115. The van der Waals surface area contributed by atoms with Crippen LogP contribution in [0, 0.1) is 0 Å². The fourth-order valence-corrected chi connectivity index (χ4v) is 3.43. The Balaban J connectivity index is 1.78. The van der Waals surface area contributed by atoms with Gasteiger partial charge < -0.3 is 24.5 Å². The topological polar surface area (TPSA) is 93.2 Å². The van der Waals surface area contributed by atoms with Gasteiger partial charge in [0.25, 0.3) is 5.91 Å². The van der Waals surface area contributed by atoms with E-state index in [1.807, 2.05) is 19.9 Å². The Labute approximate surface area is 174 Å². The fraction of sp³-hybridized carbons (Fsp3) is 0.304. The summed E-state index contributed by atoms with van der Waals surface area (Å²) in [6.07, 6.45) is 0.662. The average molecular weight is 411 g/mol. The monoisotopic (exact) mass is 411 g/mol. The molecule has 0 saturated carbocycles. The fourth-order valence-electron chi connectivity index (χ4n) is 3.43. The van der Waals surface area contributed by atoms with Crippen molar-refractivity contribution in [1.82, 2.24) is 0 Å². The van der Waals surface area contributed by atoms with Gasteiger partial charge in [0.05, 0.1) is 13.7 Å². The van der Waals surface area contributed by atoms with Gasteiger partial charge in [0.15, 0.2) is 6.54 Å². The van der Waals surface area contributed by atoms with Crippen LogP contribution in [0.4, 0.5) is 5.69 Å². The maximum atomic E-state index is 12.5. The number of benzene rings is 2. The number of aryl methyl sites for hydroxylation is 1. The lowest BCUT2D eigenvalue weighted by atomic mass is 10.0. The molecule has 0 aliphatic carbocycles. The van der Waals surface area contributed by atoms with E-state index in [-0.39, 0.29) is 18.2 Å². The second-order valence-corrected chi connectivity index (χ2v) is 7.16. The number of phenols is 1. The zero-order valence-corrected chi connectivity index (χ0v) is 17.5. The van der Waals surface area contributed by atoms with E-state index in [0.29, 0.717) is 30.8 Å². The van der Waals surface area contributed by atoms with Crippen LogP contribution in [0.1, 0.15) is 25.0 Å². The summed E-state index contributed by atoms with van der Waals surface area (Å²) < 4.78 is 10.4. The van der Waals surface area contributed by atoms with Crippen molar-refractivity contribution in [2.75, 3.05) is 25.5 Å². The number of hydrogen-bond acceptors (Lipinski definition) is 5. The lowest BCUT2D eigenvalue weighted by molar-refractivity contribution is -0.903. The Hall–Kier alpha value is -3.32. The van der Waals surface area contributed by atoms with Gasteiger partial charge in [-0.25, -0.2) is 4.79 Å². The molecule has 0 saturated heterocycles. The molecule has 0 radical (unpaired) electrons. The maximum Gasteiger partial charge on any atom is 0.336 e. The van der Waals surface area contributed by atoms with Crippen LogP contribution in [0.15, 0.2) is 51.7 Å². The minimum Gasteiger partial charge on any atom is -0.508 e. The second kappa shape index (κ2) is 9.45. The lowest BCUT2D eigenvalue weighted by Crippen LogP contribution is -3.11. The molecule has 3 rings (SSSR count). The zero-order valence-electron chi connectivity index (χ0n) is 17.5. The summed E-state index contributed by atoms with van der Waals surface area (Å²) in [5.74, 6) is 0.723. The van der Waals surface area contributed by atoms with Crippen LogP contribution in [-0.4, -0.2) is 31.2 Å². The number of anilines is 1. The number of phenolic OH excluding ortho intramolecular Hbond substituents is 1. The molecule has 1 heterocycles. The Morgan fingerprint density at radius 3 is 2.50 bits per heavy atom. The van der Waals surface area contributed by atoms with Gasteiger partial charge in [0, 0.05) is 28.8 Å². The lowest BCUT2D eigenvalue weighted by Gasteiger charge is -2.18. The molecule has 3 aromatic rings. The van der Waals surface area contributed by atoms with Crippen LogP contribution in [0.5, 0.6) is 11.5 Å². The quantitative estimate of drug-likeness (QED) is 0.494. The number of ether oxygens (including phenoxy) is 1. The van der Waals surface area contributed by atoms with E-state index in [4.69, 9.17) is 9.15 Å². The van der Waals surface area contributed by atoms with Crippen LogP contribution in [0.25, 0.3) is 11.0 Å². The summed E-state index contributed by atoms with van der Waals surface area (Å²) >= 11 is 0. The number of aromatic hydroxyl groups is 1. The maximum absolute atomic E-state index is 12.5. The van der Waals surface area contributed by atoms with E-state index >= 15 is 0 Å². The molecule has 7 heteroatoms. The number of amides is 1. The van der Waals surface area contributed by atoms with Crippen LogP contribution < -0.4 is 20.6 Å². The van der Waals surface area contributed by atoms with Crippen molar-refractivity contribution in [2.45, 2.75) is 26.8 Å². The highest BCUT2D eigenvalue weighted by molar-refractivity contribution is 5.91. The minimum atomic E-state index is -0.473. The predicted molar refractivity (Wildman–Crippen MR) is 115 cm³/mol. The highest BCUT2D eigenvalue weighted by Crippen LogP contribution is 2.26. The summed E-state index contributed by atoms with van der Waals surface area (Å²) in [6, 6.07) is 12.0. The molecule has 3 N–H and O–H groups in total. The van der Waals surface area contributed by atoms with Crippen molar-refractivity contribution in [3.63, 3.8) is 0 Å². The normalized spacial score (nSPS) is 12.0. The van der Waals surface area contributed by atoms with Gasteiger partial charge in [-0.2, -0.15) is 0 Å². The first-order chi connectivity index (χ1) is 14.4. The molecule has 7 nitrogen and oxygen atoms in total. The van der Waals surface area contributed by atoms with Crippen LogP contribution in [0.2, 0.25) is 0 Å². The number of fused-ring (bicyclic) bond motifs is 1. The number of quaternary nitrogens is 1. The third kappa shape index (κ3) is 4.99. The molecule has 158 valence electrons. The number of hydrogen-bond donors (Lipinski definition) is 3. The van der Waals surface area contributed by atoms with E-state index in [9.17, 15) is 14.7 Å². The number of likely N-dealkylation sites (N-methyl/N-ethyl adjacent to an activating group) is 1. The molecule has 2 aromatic carbocycles. The summed E-state index contributed by atoms with van der Waals surface area (Å²) in [5.41, 5.74) is 2.16. The van der Waals surface area contributed by atoms with Gasteiger partial charge in [-0.05, 0) is 49.2 Å². The second-order valence-electron chi connectivity index (χ2n) is 7.16. The van der Waals surface area contributed by atoms with E-state index in [1.54, 1.807) is 31.4 Å². The van der Waals surface area contributed by atoms with Crippen molar-refractivity contribution >= 4 is 22.6 Å². The molecule has 0 bridgehead atoms. The number of rotatable bonds is 8. The summed E-state index contributed by atoms with van der Waals surface area (Å²) in [4.78, 5) is 25.5. The Kier molecular flexibility index (Phi) is 6.74. The Bertz CT molecular complexity index is 1090. The van der Waals surface area contributed by atoms with E-state index < -0.39 is 5.63 Å². The van der Waals surface area contributed by atoms with Crippen molar-refractivity contribution in [3.05, 3.63) is 64.0 Å². The molecular weight excluding hydrogens is 384 g/mol. The molecule has 30 heavy (non-hydrogen) atoms. The van der Waals surface area contributed by atoms with E-state index in [2.05, 4.69) is 5.32 Å². The zero-order chi connectivity index (χ0) is 21.7. The van der Waals surface area contributed by atoms with Crippen molar-refractivity contribution in [1.29, 1.82) is 0 Å². The molecule has 0 aliphatic rings. The highest BCUT2D eigenvalue weighted by atomic mass is 16.5. The first-order valence-electron chi connectivity index (χ1n) is 9.99. The first-order valence-corrected chi connectivity index (χ1v) is 9.99. The molecule has 1 amide bonds. The highest BCUT2D eigenvalue weighted by Gasteiger charge is 2.17. The number of carbonyl (C=O) groups is 1. The predicted octanol–water partition coefficient (Wildman–Crippen LogP) is 2.11. The number of carbonyl (C=O) groups excluding carboxylic acids is 1. The SMILES string of the molecule is CCc1cc2c(C[NH+](CC)CC(=O)Nc3ccc(OC)cc3)cc(=O)oc2cc1O. The largest absolute Gasteiger partial charge is 0.508 e. The van der Waals surface area contributed by atoms with Gasteiger partial charge in [0.1, 0.15) is 23.6 Å². The van der Waals surface area contributed by atoms with Crippen molar-refractivity contribution < 1.29 is 24.0 Å². The first kappa shape index (κ1) is 21.4. The summed E-state index contributed by atoms with van der Waals surface area (Å²) in [7, 11) is 1.59. The molecule has 0 fully saturated rings. The van der Waals surface area contributed by atoms with Gasteiger partial charge in [-0.15, -0.1) is 0 Å². The average Bonchev–Trinajstić information content (AvgIpc) is 2.73. The Morgan fingerprint density at radius 1 is 1.13 bits per heavy atom. The van der Waals surface area contributed by atoms with E-state index in [1.165, 1.54) is 12.1 Å². The third-order valence-corrected chi connectivity index (χ3v) is 5.14. The van der Waals surface area contributed by atoms with Crippen LogP contribution in [0.3, 0.4) is 0 Å². The summed E-state index contributed by atoms with van der Waals surface area (Å²) in [5, 5.41) is 13.8. The molecule has 1 aromatic heterocycles. The van der Waals surface area contributed by atoms with E-state index in [0.717, 1.165) is 27.2 Å². The molecule has 1 atom stereocenters. The molecule has 1 unspecified atom stereocenters. The molecule has 0 aliphatic heterocycles. The van der Waals surface area contributed by atoms with Crippen molar-refractivity contribution in [3.8, 4) is 11.5 Å². The van der Waals surface area contributed by atoms with Gasteiger partial charge in [0.2, 0.25) is 0 Å². The molecule has 0 spiro atoms. The van der Waals surface area contributed by atoms with Crippen molar-refractivity contribution in [2.24, 2.45) is 0 Å². The smallest absolute Gasteiger partial charge is 0.336 e. The van der Waals surface area contributed by atoms with Gasteiger partial charge in [-0.3, -0.25) is 4.79 Å². The summed E-state index contributed by atoms with van der Waals surface area (Å²) in [6.45, 7) is 5.39. The van der Waals surface area contributed by atoms with Gasteiger partial charge in [-0.1, -0.05) is 6.92 Å². The Morgan fingerprint density at radius 2 is 1.87 bits per heavy atom. The molecular formula is C23H27N2O5+. The van der Waals surface area contributed by atoms with Gasteiger partial charge >= 0.3 is 5.63 Å². The van der Waals surface area contributed by atoms with Crippen LogP contribution >= 0.6 is 0 Å². The number of nitrogens with one attached hydrogen (secondary N) is 2. The standard InChI is InChI=1S/C23H26N2O5/c1-4-15-10-19-16(11-23(28)30-21(19)12-20(15)26)13-25(5-2)14-22(27)24-17-6-8-18(29-3)9-7-17/h6-12,26H,4-5,13-14H2,1-3H3,(H,24,27)/p+1.